The van der Waals surface area contributed by atoms with Crippen molar-refractivity contribution in [1.29, 1.82) is 0 Å². The molecule has 2 N–H and O–H groups in total. The van der Waals surface area contributed by atoms with Gasteiger partial charge in [-0.15, -0.1) is 0 Å². The van der Waals surface area contributed by atoms with E-state index in [2.05, 4.69) is 41.5 Å². The highest BCUT2D eigenvalue weighted by atomic mass is 16.3. The molecule has 0 aliphatic heterocycles. The molecule has 2 nitrogen and oxygen atoms in total. The van der Waals surface area contributed by atoms with Gasteiger partial charge in [0.15, 0.2) is 0 Å². The lowest BCUT2D eigenvalue weighted by molar-refractivity contribution is 0.373. The van der Waals surface area contributed by atoms with Gasteiger partial charge < -0.3 is 10.2 Å². The molecule has 0 radical (unpaired) electrons. The Labute approximate surface area is 111 Å². The molecule has 0 bridgehead atoms. The number of phenols is 2. The predicted molar refractivity (Wildman–Crippen MR) is 76.4 cm³/mol. The number of phenolic OH excluding ortho intramolecular Hbond substituents is 2. The van der Waals surface area contributed by atoms with E-state index in [1.807, 2.05) is 0 Å². The number of aromatic hydroxyl groups is 2. The zero-order valence-corrected chi connectivity index (χ0v) is 12.5. The van der Waals surface area contributed by atoms with E-state index in [1.54, 1.807) is 12.1 Å². The molecule has 0 heterocycles. The Kier molecular flexibility index (Phi) is 3.99. The molecule has 2 heteroatoms. The smallest absolute Gasteiger partial charge is 0.119 e. The molecule has 18 heavy (non-hydrogen) atoms. The highest BCUT2D eigenvalue weighted by Crippen LogP contribution is 2.46. The van der Waals surface area contributed by atoms with Crippen LogP contribution >= 0.6 is 0 Å². The van der Waals surface area contributed by atoms with Gasteiger partial charge in [-0.25, -0.2) is 0 Å². The van der Waals surface area contributed by atoms with Gasteiger partial charge in [0.05, 0.1) is 0 Å². The summed E-state index contributed by atoms with van der Waals surface area (Å²) >= 11 is 0. The fourth-order valence-electron chi connectivity index (χ4n) is 2.55. The summed E-state index contributed by atoms with van der Waals surface area (Å²) in [4.78, 5) is 0. The van der Waals surface area contributed by atoms with Crippen LogP contribution in [0, 0.1) is 0 Å². The molecule has 0 atom stereocenters. The van der Waals surface area contributed by atoms with E-state index >= 15 is 0 Å². The molecule has 0 unspecified atom stereocenters. The SMILES string of the molecule is CCC(C)(CC)c1c(O)ccc(O)c1C(C)(C)C. The molecule has 0 aromatic heterocycles. The van der Waals surface area contributed by atoms with Gasteiger partial charge >= 0.3 is 0 Å². The van der Waals surface area contributed by atoms with Gasteiger partial charge in [0, 0.05) is 11.1 Å². The summed E-state index contributed by atoms with van der Waals surface area (Å²) in [5, 5.41) is 20.5. The van der Waals surface area contributed by atoms with Crippen molar-refractivity contribution in [2.45, 2.75) is 65.2 Å². The van der Waals surface area contributed by atoms with E-state index in [9.17, 15) is 10.2 Å². The van der Waals surface area contributed by atoms with Crippen molar-refractivity contribution < 1.29 is 10.2 Å². The topological polar surface area (TPSA) is 40.5 Å². The molecule has 0 saturated heterocycles. The molecule has 0 aliphatic carbocycles. The van der Waals surface area contributed by atoms with Crippen LogP contribution in [-0.2, 0) is 10.8 Å². The maximum absolute atomic E-state index is 10.3. The van der Waals surface area contributed by atoms with Crippen LogP contribution in [0.1, 0.15) is 65.5 Å². The van der Waals surface area contributed by atoms with Crippen LogP contribution in [0.4, 0.5) is 0 Å². The molecular formula is C16H26O2. The third-order valence-corrected chi connectivity index (χ3v) is 4.08. The lowest BCUT2D eigenvalue weighted by atomic mass is 9.70. The average Bonchev–Trinajstić information content (AvgIpc) is 2.29. The van der Waals surface area contributed by atoms with Crippen LogP contribution in [0.15, 0.2) is 12.1 Å². The van der Waals surface area contributed by atoms with E-state index in [0.29, 0.717) is 5.75 Å². The lowest BCUT2D eigenvalue weighted by Gasteiger charge is -2.35. The summed E-state index contributed by atoms with van der Waals surface area (Å²) < 4.78 is 0. The van der Waals surface area contributed by atoms with Gasteiger partial charge in [0.2, 0.25) is 0 Å². The summed E-state index contributed by atoms with van der Waals surface area (Å²) in [5.74, 6) is 0.576. The van der Waals surface area contributed by atoms with E-state index < -0.39 is 0 Å². The van der Waals surface area contributed by atoms with Gasteiger partial charge in [-0.05, 0) is 35.8 Å². The molecule has 0 spiro atoms. The highest BCUT2D eigenvalue weighted by Gasteiger charge is 2.34. The van der Waals surface area contributed by atoms with Gasteiger partial charge in [-0.2, -0.15) is 0 Å². The lowest BCUT2D eigenvalue weighted by Crippen LogP contribution is -2.26. The number of rotatable bonds is 3. The first-order valence-electron chi connectivity index (χ1n) is 6.73. The Morgan fingerprint density at radius 2 is 1.22 bits per heavy atom. The summed E-state index contributed by atoms with van der Waals surface area (Å²) in [6.45, 7) is 12.6. The van der Waals surface area contributed by atoms with Crippen molar-refractivity contribution in [2.24, 2.45) is 0 Å². The third kappa shape index (κ3) is 2.47. The van der Waals surface area contributed by atoms with Crippen LogP contribution in [0.3, 0.4) is 0 Å². The largest absolute Gasteiger partial charge is 0.508 e. The summed E-state index contributed by atoms with van der Waals surface area (Å²) in [5.41, 5.74) is 1.48. The number of hydrogen-bond acceptors (Lipinski definition) is 2. The second kappa shape index (κ2) is 4.83. The third-order valence-electron chi connectivity index (χ3n) is 4.08. The van der Waals surface area contributed by atoms with Crippen LogP contribution in [-0.4, -0.2) is 10.2 Å². The zero-order valence-electron chi connectivity index (χ0n) is 12.5. The Morgan fingerprint density at radius 3 is 1.56 bits per heavy atom. The molecule has 102 valence electrons. The van der Waals surface area contributed by atoms with Crippen LogP contribution in [0.5, 0.6) is 11.5 Å². The summed E-state index contributed by atoms with van der Waals surface area (Å²) in [7, 11) is 0. The molecule has 0 fully saturated rings. The molecule has 1 aromatic carbocycles. The molecule has 0 aliphatic rings. The minimum Gasteiger partial charge on any atom is -0.508 e. The fraction of sp³-hybridized carbons (Fsp3) is 0.625. The van der Waals surface area contributed by atoms with Crippen molar-refractivity contribution in [3.05, 3.63) is 23.3 Å². The quantitative estimate of drug-likeness (QED) is 0.777. The van der Waals surface area contributed by atoms with Gasteiger partial charge in [-0.1, -0.05) is 41.5 Å². The Balaban J connectivity index is 3.66. The van der Waals surface area contributed by atoms with Gasteiger partial charge in [-0.3, -0.25) is 0 Å². The standard InChI is InChI=1S/C16H26O2/c1-7-16(6,8-2)14-12(18)10-9-11(17)13(14)15(3,4)5/h9-10,17-18H,7-8H2,1-6H3. The van der Waals surface area contributed by atoms with Crippen molar-refractivity contribution >= 4 is 0 Å². The predicted octanol–water partition coefficient (Wildman–Crippen LogP) is 4.47. The van der Waals surface area contributed by atoms with Crippen LogP contribution in [0.2, 0.25) is 0 Å². The van der Waals surface area contributed by atoms with Gasteiger partial charge in [0.25, 0.3) is 0 Å². The maximum atomic E-state index is 10.3. The van der Waals surface area contributed by atoms with Crippen molar-refractivity contribution in [3.8, 4) is 11.5 Å². The minimum atomic E-state index is -0.191. The second-order valence-electron chi connectivity index (χ2n) is 6.37. The fourth-order valence-corrected chi connectivity index (χ4v) is 2.55. The Hall–Kier alpha value is -1.18. The summed E-state index contributed by atoms with van der Waals surface area (Å²) in [6.07, 6.45) is 1.87. The second-order valence-corrected chi connectivity index (χ2v) is 6.37. The highest BCUT2D eigenvalue weighted by molar-refractivity contribution is 5.54. The van der Waals surface area contributed by atoms with E-state index in [-0.39, 0.29) is 16.6 Å². The van der Waals surface area contributed by atoms with E-state index in [4.69, 9.17) is 0 Å². The average molecular weight is 250 g/mol. The van der Waals surface area contributed by atoms with Crippen molar-refractivity contribution in [1.82, 2.24) is 0 Å². The first-order valence-corrected chi connectivity index (χ1v) is 6.73. The normalized spacial score (nSPS) is 12.8. The molecule has 0 saturated carbocycles. The minimum absolute atomic E-state index is 0.106. The monoisotopic (exact) mass is 250 g/mol. The molecule has 1 aromatic rings. The zero-order chi connectivity index (χ0) is 14.1. The maximum Gasteiger partial charge on any atom is 0.119 e. The van der Waals surface area contributed by atoms with E-state index in [1.165, 1.54) is 0 Å². The summed E-state index contributed by atoms with van der Waals surface area (Å²) in [6, 6.07) is 3.19. The van der Waals surface area contributed by atoms with Crippen molar-refractivity contribution in [2.75, 3.05) is 0 Å². The van der Waals surface area contributed by atoms with Gasteiger partial charge in [0.1, 0.15) is 11.5 Å². The van der Waals surface area contributed by atoms with E-state index in [0.717, 1.165) is 24.0 Å². The number of benzene rings is 1. The molecule has 1 rings (SSSR count). The van der Waals surface area contributed by atoms with Crippen LogP contribution in [0.25, 0.3) is 0 Å². The first kappa shape index (κ1) is 14.9. The number of hydrogen-bond donors (Lipinski definition) is 2. The first-order chi connectivity index (χ1) is 8.17. The van der Waals surface area contributed by atoms with Crippen molar-refractivity contribution in [3.63, 3.8) is 0 Å². The molecular weight excluding hydrogens is 224 g/mol. The Bertz CT molecular complexity index is 423. The molecule has 0 amide bonds. The van der Waals surface area contributed by atoms with Crippen LogP contribution < -0.4 is 0 Å². The Morgan fingerprint density at radius 1 is 0.833 bits per heavy atom.